The number of hydrogen-bond donors (Lipinski definition) is 1. The number of carbonyl (C=O) groups excluding carboxylic acids is 2. The van der Waals surface area contributed by atoms with Crippen LogP contribution in [0, 0.1) is 16.0 Å². The number of nitrogens with zero attached hydrogens (tertiary/aromatic N) is 2. The van der Waals surface area contributed by atoms with Gasteiger partial charge in [-0.05, 0) is 24.3 Å². The molecule has 0 aliphatic carbocycles. The van der Waals surface area contributed by atoms with Crippen LogP contribution in [0.3, 0.4) is 0 Å². The van der Waals surface area contributed by atoms with Gasteiger partial charge in [0.1, 0.15) is 5.75 Å². The number of hydrogen-bond acceptors (Lipinski definition) is 5. The summed E-state index contributed by atoms with van der Waals surface area (Å²) in [4.78, 5) is 36.6. The number of carbonyl (C=O) groups is 2. The van der Waals surface area contributed by atoms with Crippen LogP contribution in [0.1, 0.15) is 12.0 Å². The predicted octanol–water partition coefficient (Wildman–Crippen LogP) is 4.27. The van der Waals surface area contributed by atoms with E-state index in [1.165, 1.54) is 24.1 Å². The number of nitro groups is 1. The quantitative estimate of drug-likeness (QED) is 0.533. The Bertz CT molecular complexity index is 1060. The fourth-order valence-corrected chi connectivity index (χ4v) is 3.32. The predicted molar refractivity (Wildman–Crippen MR) is 105 cm³/mol. The van der Waals surface area contributed by atoms with Crippen LogP contribution in [0.25, 0.3) is 0 Å². The summed E-state index contributed by atoms with van der Waals surface area (Å²) in [5.41, 5.74) is -1.20. The van der Waals surface area contributed by atoms with Gasteiger partial charge in [-0.2, -0.15) is 13.2 Å². The summed E-state index contributed by atoms with van der Waals surface area (Å²) in [6.07, 6.45) is -4.82. The molecule has 1 atom stereocenters. The Hall–Kier alpha value is -3.34. The molecule has 1 aliphatic heterocycles. The molecule has 1 aliphatic rings. The Kier molecular flexibility index (Phi) is 6.07. The highest BCUT2D eigenvalue weighted by Crippen LogP contribution is 2.37. The monoisotopic (exact) mass is 457 g/mol. The molecule has 31 heavy (non-hydrogen) atoms. The van der Waals surface area contributed by atoms with Crippen LogP contribution < -0.4 is 15.0 Å². The molecule has 164 valence electrons. The molecule has 1 N–H and O–H groups in total. The van der Waals surface area contributed by atoms with E-state index >= 15 is 0 Å². The average Bonchev–Trinajstić information content (AvgIpc) is 3.09. The van der Waals surface area contributed by atoms with Crippen LogP contribution in [-0.4, -0.2) is 30.4 Å². The van der Waals surface area contributed by atoms with Gasteiger partial charge in [-0.3, -0.25) is 19.7 Å². The van der Waals surface area contributed by atoms with Gasteiger partial charge in [-0.25, -0.2) is 0 Å². The molecule has 1 heterocycles. The second kappa shape index (κ2) is 8.42. The van der Waals surface area contributed by atoms with E-state index in [2.05, 4.69) is 5.32 Å². The lowest BCUT2D eigenvalue weighted by atomic mass is 10.1. The molecular formula is C19H15ClF3N3O5. The highest BCUT2D eigenvalue weighted by atomic mass is 35.5. The standard InChI is InChI=1S/C19H15ClF3N3O5/c1-31-16-8-12(26(29)30)3-5-15(16)25-9-10(6-17(25)27)18(28)24-14-7-11(19(21,22)23)2-4-13(14)20/h2-5,7-8,10H,6,9H2,1H3,(H,24,28)/t10-/m0/s1. The van der Waals surface area contributed by atoms with Crippen LogP contribution in [0.4, 0.5) is 30.2 Å². The largest absolute Gasteiger partial charge is 0.494 e. The van der Waals surface area contributed by atoms with Crippen molar-refractivity contribution in [3.8, 4) is 5.75 Å². The summed E-state index contributed by atoms with van der Waals surface area (Å²) in [6.45, 7) is -0.0879. The van der Waals surface area contributed by atoms with Gasteiger partial charge in [0.05, 0.1) is 46.0 Å². The van der Waals surface area contributed by atoms with Gasteiger partial charge in [0.15, 0.2) is 0 Å². The van der Waals surface area contributed by atoms with Gasteiger partial charge in [0.2, 0.25) is 11.8 Å². The molecule has 0 bridgehead atoms. The molecule has 2 aromatic carbocycles. The van der Waals surface area contributed by atoms with Crippen molar-refractivity contribution in [2.45, 2.75) is 12.6 Å². The highest BCUT2D eigenvalue weighted by molar-refractivity contribution is 6.33. The van der Waals surface area contributed by atoms with Crippen LogP contribution in [0.15, 0.2) is 36.4 Å². The maximum absolute atomic E-state index is 12.9. The van der Waals surface area contributed by atoms with E-state index in [1.54, 1.807) is 0 Å². The van der Waals surface area contributed by atoms with Crippen molar-refractivity contribution >= 4 is 40.5 Å². The number of anilines is 2. The summed E-state index contributed by atoms with van der Waals surface area (Å²) in [7, 11) is 1.28. The average molecular weight is 458 g/mol. The van der Waals surface area contributed by atoms with Crippen LogP contribution in [0.2, 0.25) is 5.02 Å². The fourth-order valence-electron chi connectivity index (χ4n) is 3.15. The zero-order valence-electron chi connectivity index (χ0n) is 15.9. The van der Waals surface area contributed by atoms with Crippen molar-refractivity contribution in [1.29, 1.82) is 0 Å². The summed E-state index contributed by atoms with van der Waals surface area (Å²) in [5, 5.41) is 13.2. The van der Waals surface area contributed by atoms with Gasteiger partial charge in [0.25, 0.3) is 5.69 Å². The topological polar surface area (TPSA) is 102 Å². The molecule has 0 saturated carbocycles. The van der Waals surface area contributed by atoms with Crippen LogP contribution in [-0.2, 0) is 15.8 Å². The van der Waals surface area contributed by atoms with Crippen LogP contribution >= 0.6 is 11.6 Å². The number of nitrogens with one attached hydrogen (secondary N) is 1. The number of halogens is 4. The van der Waals surface area contributed by atoms with Crippen LogP contribution in [0.5, 0.6) is 5.75 Å². The molecular weight excluding hydrogens is 443 g/mol. The van der Waals surface area contributed by atoms with Gasteiger partial charge < -0.3 is 15.0 Å². The third-order valence-corrected chi connectivity index (χ3v) is 5.04. The normalized spacial score (nSPS) is 16.4. The molecule has 0 radical (unpaired) electrons. The van der Waals surface area contributed by atoms with E-state index in [0.717, 1.165) is 18.2 Å². The lowest BCUT2D eigenvalue weighted by Gasteiger charge is -2.19. The number of benzene rings is 2. The van der Waals surface area contributed by atoms with Crippen molar-refractivity contribution in [1.82, 2.24) is 0 Å². The van der Waals surface area contributed by atoms with E-state index in [1.807, 2.05) is 0 Å². The number of alkyl halides is 3. The molecule has 12 heteroatoms. The number of methoxy groups -OCH3 is 1. The third kappa shape index (κ3) is 4.71. The molecule has 3 rings (SSSR count). The molecule has 8 nitrogen and oxygen atoms in total. The summed E-state index contributed by atoms with van der Waals surface area (Å²) in [5.74, 6) is -1.93. The van der Waals surface area contributed by atoms with Gasteiger partial charge in [0, 0.05) is 19.0 Å². The molecule has 2 aromatic rings. The third-order valence-electron chi connectivity index (χ3n) is 4.71. The SMILES string of the molecule is COc1cc([N+](=O)[O-])ccc1N1C[C@@H](C(=O)Nc2cc(C(F)(F)F)ccc2Cl)CC1=O. The zero-order valence-corrected chi connectivity index (χ0v) is 16.7. The number of non-ortho nitro benzene ring substituents is 1. The molecule has 0 aromatic heterocycles. The van der Waals surface area contributed by atoms with E-state index < -0.39 is 34.4 Å². The van der Waals surface area contributed by atoms with Crippen molar-refractivity contribution < 1.29 is 32.4 Å². The van der Waals surface area contributed by atoms with E-state index in [9.17, 15) is 32.9 Å². The molecule has 2 amide bonds. The van der Waals surface area contributed by atoms with Crippen molar-refractivity contribution in [3.05, 3.63) is 57.1 Å². The number of ether oxygens (including phenoxy) is 1. The minimum absolute atomic E-state index is 0.0736. The second-order valence-corrected chi connectivity index (χ2v) is 7.11. The van der Waals surface area contributed by atoms with Gasteiger partial charge >= 0.3 is 6.18 Å². The maximum Gasteiger partial charge on any atom is 0.416 e. The first-order chi connectivity index (χ1) is 14.5. The maximum atomic E-state index is 12.9. The first kappa shape index (κ1) is 22.3. The van der Waals surface area contributed by atoms with Crippen molar-refractivity contribution in [2.75, 3.05) is 23.9 Å². The lowest BCUT2D eigenvalue weighted by Crippen LogP contribution is -2.28. The fraction of sp³-hybridized carbons (Fsp3) is 0.263. The Morgan fingerprint density at radius 2 is 2.00 bits per heavy atom. The molecule has 0 spiro atoms. The van der Waals surface area contributed by atoms with Crippen molar-refractivity contribution in [2.24, 2.45) is 5.92 Å². The minimum atomic E-state index is -4.61. The zero-order chi connectivity index (χ0) is 22.9. The Balaban J connectivity index is 1.79. The smallest absolute Gasteiger partial charge is 0.416 e. The minimum Gasteiger partial charge on any atom is -0.494 e. The summed E-state index contributed by atoms with van der Waals surface area (Å²) < 4.78 is 43.9. The second-order valence-electron chi connectivity index (χ2n) is 6.70. The van der Waals surface area contributed by atoms with Crippen molar-refractivity contribution in [3.63, 3.8) is 0 Å². The Morgan fingerprint density at radius 1 is 1.29 bits per heavy atom. The van der Waals surface area contributed by atoms with Gasteiger partial charge in [-0.15, -0.1) is 0 Å². The van der Waals surface area contributed by atoms with E-state index in [0.29, 0.717) is 6.07 Å². The van der Waals surface area contributed by atoms with E-state index in [-0.39, 0.29) is 40.8 Å². The summed E-state index contributed by atoms with van der Waals surface area (Å²) >= 11 is 5.90. The Labute approximate surface area is 178 Å². The lowest BCUT2D eigenvalue weighted by molar-refractivity contribution is -0.384. The first-order valence-corrected chi connectivity index (χ1v) is 9.19. The summed E-state index contributed by atoms with van der Waals surface area (Å²) in [6, 6.07) is 6.21. The number of nitro benzene ring substituents is 1. The highest BCUT2D eigenvalue weighted by Gasteiger charge is 2.37. The number of rotatable bonds is 5. The number of amides is 2. The Morgan fingerprint density at radius 3 is 2.61 bits per heavy atom. The molecule has 0 unspecified atom stereocenters. The molecule has 1 saturated heterocycles. The van der Waals surface area contributed by atoms with Gasteiger partial charge in [-0.1, -0.05) is 11.6 Å². The first-order valence-electron chi connectivity index (χ1n) is 8.81. The molecule has 1 fully saturated rings. The van der Waals surface area contributed by atoms with E-state index in [4.69, 9.17) is 16.3 Å².